The van der Waals surface area contributed by atoms with Crippen LogP contribution in [-0.4, -0.2) is 19.5 Å². The van der Waals surface area contributed by atoms with Gasteiger partial charge in [-0.15, -0.1) is 0 Å². The number of anilines is 1. The van der Waals surface area contributed by atoms with Crippen LogP contribution in [0.4, 0.5) is 10.2 Å². The lowest BCUT2D eigenvalue weighted by molar-refractivity contribution is 0.625. The number of nitrogen functional groups attached to an aromatic ring is 1. The number of hydrazine groups is 1. The first kappa shape index (κ1) is 19.6. The topological polar surface area (TPSA) is 125 Å². The van der Waals surface area contributed by atoms with E-state index in [1.807, 2.05) is 6.07 Å². The lowest BCUT2D eigenvalue weighted by Crippen LogP contribution is -2.17. The number of nitrogens with one attached hydrogen (secondary N) is 1. The van der Waals surface area contributed by atoms with E-state index in [9.17, 15) is 9.18 Å². The summed E-state index contributed by atoms with van der Waals surface area (Å²) < 4.78 is 15.5. The summed E-state index contributed by atoms with van der Waals surface area (Å²) in [6.45, 7) is 1.78. The smallest absolute Gasteiger partial charge is 0.250 e. The van der Waals surface area contributed by atoms with Crippen LogP contribution in [0, 0.1) is 5.82 Å². The first-order valence-corrected chi connectivity index (χ1v) is 9.24. The lowest BCUT2D eigenvalue weighted by Gasteiger charge is -2.15. The van der Waals surface area contributed by atoms with Crippen LogP contribution >= 0.6 is 0 Å². The molecule has 0 saturated carbocycles. The molecule has 0 fully saturated rings. The molecule has 0 amide bonds. The minimum atomic E-state index is -0.415. The molecule has 1 aromatic carbocycles. The summed E-state index contributed by atoms with van der Waals surface area (Å²) in [4.78, 5) is 25.1. The summed E-state index contributed by atoms with van der Waals surface area (Å²) in [5, 5.41) is 1.27. The molecule has 3 aromatic heterocycles. The van der Waals surface area contributed by atoms with E-state index in [4.69, 9.17) is 11.6 Å². The predicted octanol–water partition coefficient (Wildman–Crippen LogP) is 2.50. The number of fused-ring (bicyclic) bond motifs is 1. The minimum Gasteiger partial charge on any atom is -0.324 e. The fourth-order valence-corrected chi connectivity index (χ4v) is 3.36. The fourth-order valence-electron chi connectivity index (χ4n) is 3.36. The zero-order chi connectivity index (χ0) is 21.4. The second-order valence-corrected chi connectivity index (χ2v) is 6.98. The van der Waals surface area contributed by atoms with E-state index >= 15 is 0 Å². The molecule has 1 atom stereocenters. The van der Waals surface area contributed by atoms with Crippen molar-refractivity contribution >= 4 is 16.6 Å². The van der Waals surface area contributed by atoms with E-state index in [2.05, 4.69) is 20.4 Å². The summed E-state index contributed by atoms with van der Waals surface area (Å²) in [5.41, 5.74) is 10.9. The van der Waals surface area contributed by atoms with Crippen LogP contribution in [0.25, 0.3) is 33.5 Å². The van der Waals surface area contributed by atoms with Crippen LogP contribution in [0.5, 0.6) is 0 Å². The van der Waals surface area contributed by atoms with Gasteiger partial charge >= 0.3 is 0 Å². The van der Waals surface area contributed by atoms with Gasteiger partial charge in [-0.25, -0.2) is 25.2 Å². The summed E-state index contributed by atoms with van der Waals surface area (Å²) in [6.07, 6.45) is 3.23. The molecule has 0 bridgehead atoms. The third-order valence-electron chi connectivity index (χ3n) is 4.93. The van der Waals surface area contributed by atoms with E-state index in [1.165, 1.54) is 22.8 Å². The number of aromatic nitrogens is 4. The van der Waals surface area contributed by atoms with Crippen molar-refractivity contribution in [3.05, 3.63) is 70.5 Å². The predicted molar refractivity (Wildman–Crippen MR) is 114 cm³/mol. The van der Waals surface area contributed by atoms with Gasteiger partial charge in [0.2, 0.25) is 0 Å². The highest BCUT2D eigenvalue weighted by Gasteiger charge is 2.15. The molecule has 0 aliphatic carbocycles. The molecule has 4 rings (SSSR count). The zero-order valence-electron chi connectivity index (χ0n) is 16.4. The van der Waals surface area contributed by atoms with Gasteiger partial charge in [-0.3, -0.25) is 4.79 Å². The molecule has 4 aromatic rings. The Morgan fingerprint density at radius 2 is 1.87 bits per heavy atom. The lowest BCUT2D eigenvalue weighted by atomic mass is 9.99. The summed E-state index contributed by atoms with van der Waals surface area (Å²) in [6, 6.07) is 9.09. The standard InChI is InChI=1S/C21H20FN7O/c1-11(23)14-6-13(22)7-16-15(14)8-17(27-20(16)28-24)12-9-25-21(26-10-12)18-4-3-5-19(30)29(18)2/h3-11H,23-24H2,1-2H3,(H,27,28)/t11-/m1/s1. The number of hydrogen-bond donors (Lipinski definition) is 3. The molecule has 152 valence electrons. The monoisotopic (exact) mass is 405 g/mol. The maximum absolute atomic E-state index is 14.1. The molecule has 5 N–H and O–H groups in total. The third-order valence-corrected chi connectivity index (χ3v) is 4.93. The van der Waals surface area contributed by atoms with Crippen LogP contribution in [0.3, 0.4) is 0 Å². The SMILES string of the molecule is C[C@@H](N)c1cc(F)cc2c(NN)nc(-c3cnc(-c4cccc(=O)n4C)nc3)cc12. The van der Waals surface area contributed by atoms with Crippen molar-refractivity contribution in [2.24, 2.45) is 18.6 Å². The number of nitrogens with two attached hydrogens (primary N) is 2. The maximum Gasteiger partial charge on any atom is 0.250 e. The first-order chi connectivity index (χ1) is 14.4. The van der Waals surface area contributed by atoms with Gasteiger partial charge in [0.25, 0.3) is 5.56 Å². The highest BCUT2D eigenvalue weighted by Crippen LogP contribution is 2.32. The van der Waals surface area contributed by atoms with Crippen molar-refractivity contribution in [2.75, 3.05) is 5.43 Å². The Morgan fingerprint density at radius 1 is 1.13 bits per heavy atom. The van der Waals surface area contributed by atoms with Crippen molar-refractivity contribution in [1.82, 2.24) is 19.5 Å². The second kappa shape index (κ2) is 7.62. The number of pyridine rings is 2. The van der Waals surface area contributed by atoms with Crippen molar-refractivity contribution in [2.45, 2.75) is 13.0 Å². The molecule has 0 radical (unpaired) electrons. The van der Waals surface area contributed by atoms with Gasteiger partial charge in [0.1, 0.15) is 11.6 Å². The molecule has 0 aliphatic heterocycles. The van der Waals surface area contributed by atoms with Gasteiger partial charge in [0, 0.05) is 42.5 Å². The first-order valence-electron chi connectivity index (χ1n) is 9.24. The Kier molecular flexibility index (Phi) is 4.98. The van der Waals surface area contributed by atoms with Gasteiger partial charge < -0.3 is 15.7 Å². The fraction of sp³-hybridized carbons (Fsp3) is 0.143. The largest absolute Gasteiger partial charge is 0.324 e. The van der Waals surface area contributed by atoms with E-state index in [1.54, 1.807) is 38.5 Å². The molecule has 30 heavy (non-hydrogen) atoms. The molecular weight excluding hydrogens is 385 g/mol. The Hall–Kier alpha value is -3.69. The van der Waals surface area contributed by atoms with E-state index in [0.29, 0.717) is 39.5 Å². The normalized spacial score (nSPS) is 12.2. The zero-order valence-corrected chi connectivity index (χ0v) is 16.4. The molecule has 8 nitrogen and oxygen atoms in total. The Labute approximate surface area is 171 Å². The molecular formula is C21H20FN7O. The molecule has 9 heteroatoms. The molecule has 0 spiro atoms. The van der Waals surface area contributed by atoms with Crippen molar-refractivity contribution in [3.63, 3.8) is 0 Å². The average Bonchev–Trinajstić information content (AvgIpc) is 2.74. The van der Waals surface area contributed by atoms with E-state index in [0.717, 1.165) is 5.39 Å². The summed E-state index contributed by atoms with van der Waals surface area (Å²) in [7, 11) is 1.66. The molecule has 0 unspecified atom stereocenters. The number of rotatable bonds is 4. The van der Waals surface area contributed by atoms with E-state index < -0.39 is 5.82 Å². The van der Waals surface area contributed by atoms with Crippen molar-refractivity contribution < 1.29 is 4.39 Å². The Bertz CT molecular complexity index is 1300. The summed E-state index contributed by atoms with van der Waals surface area (Å²) in [5.74, 6) is 5.96. The van der Waals surface area contributed by atoms with Crippen molar-refractivity contribution in [1.29, 1.82) is 0 Å². The number of hydrogen-bond acceptors (Lipinski definition) is 7. The highest BCUT2D eigenvalue weighted by molar-refractivity contribution is 5.96. The van der Waals surface area contributed by atoms with E-state index in [-0.39, 0.29) is 11.6 Å². The van der Waals surface area contributed by atoms with Crippen LogP contribution in [-0.2, 0) is 7.05 Å². The van der Waals surface area contributed by atoms with Crippen LogP contribution in [0.1, 0.15) is 18.5 Å². The molecule has 0 saturated heterocycles. The Balaban J connectivity index is 1.85. The number of halogens is 1. The van der Waals surface area contributed by atoms with Crippen LogP contribution in [0.15, 0.2) is 53.6 Å². The average molecular weight is 405 g/mol. The van der Waals surface area contributed by atoms with Gasteiger partial charge in [0.15, 0.2) is 5.82 Å². The van der Waals surface area contributed by atoms with Crippen molar-refractivity contribution in [3.8, 4) is 22.8 Å². The van der Waals surface area contributed by atoms with Gasteiger partial charge in [-0.1, -0.05) is 6.07 Å². The number of benzene rings is 1. The summed E-state index contributed by atoms with van der Waals surface area (Å²) >= 11 is 0. The minimum absolute atomic E-state index is 0.147. The second-order valence-electron chi connectivity index (χ2n) is 6.98. The van der Waals surface area contributed by atoms with Gasteiger partial charge in [-0.2, -0.15) is 0 Å². The maximum atomic E-state index is 14.1. The van der Waals surface area contributed by atoms with Crippen LogP contribution in [0.2, 0.25) is 0 Å². The van der Waals surface area contributed by atoms with Gasteiger partial charge in [0.05, 0.1) is 11.4 Å². The quantitative estimate of drug-likeness (QED) is 0.352. The highest BCUT2D eigenvalue weighted by atomic mass is 19.1. The molecule has 3 heterocycles. The molecule has 0 aliphatic rings. The number of nitrogens with zero attached hydrogens (tertiary/aromatic N) is 4. The van der Waals surface area contributed by atoms with Crippen LogP contribution < -0.4 is 22.6 Å². The van der Waals surface area contributed by atoms with Gasteiger partial charge in [-0.05, 0) is 42.1 Å². The Morgan fingerprint density at radius 3 is 2.53 bits per heavy atom. The third kappa shape index (κ3) is 3.40.